The quantitative estimate of drug-likeness (QED) is 0.430. The number of carboxylic acids is 2. The van der Waals surface area contributed by atoms with Crippen LogP contribution in [0.3, 0.4) is 0 Å². The van der Waals surface area contributed by atoms with Crippen molar-refractivity contribution >= 4 is 56.3 Å². The van der Waals surface area contributed by atoms with E-state index in [0.717, 1.165) is 0 Å². The van der Waals surface area contributed by atoms with Crippen LogP contribution in [0.25, 0.3) is 11.1 Å². The Kier molecular flexibility index (Phi) is 5.96. The molecule has 1 aromatic carbocycles. The highest BCUT2D eigenvalue weighted by molar-refractivity contribution is 14.1. The second-order valence-corrected chi connectivity index (χ2v) is 7.61. The minimum absolute atomic E-state index is 0.144. The maximum Gasteiger partial charge on any atom is 0.342 e. The zero-order valence-corrected chi connectivity index (χ0v) is 17.3. The molecule has 1 aromatic heterocycles. The van der Waals surface area contributed by atoms with Gasteiger partial charge in [0.1, 0.15) is 22.7 Å². The lowest BCUT2D eigenvalue weighted by molar-refractivity contribution is 0.0695. The predicted octanol–water partition coefficient (Wildman–Crippen LogP) is 3.17. The zero-order chi connectivity index (χ0) is 19.8. The summed E-state index contributed by atoms with van der Waals surface area (Å²) in [5.41, 5.74) is 3.28. The fourth-order valence-electron chi connectivity index (χ4n) is 2.42. The molecule has 0 atom stereocenters. The van der Waals surface area contributed by atoms with E-state index in [2.05, 4.69) is 20.9 Å². The van der Waals surface area contributed by atoms with E-state index in [1.807, 2.05) is 22.6 Å². The predicted molar refractivity (Wildman–Crippen MR) is 107 cm³/mol. The number of nitrogens with one attached hydrogen (secondary N) is 1. The number of benzene rings is 1. The Hall–Kier alpha value is -2.08. The van der Waals surface area contributed by atoms with Crippen LogP contribution in [0, 0.1) is 3.57 Å². The molecule has 0 bridgehead atoms. The van der Waals surface area contributed by atoms with Crippen molar-refractivity contribution in [3.8, 4) is 16.9 Å². The molecule has 8 nitrogen and oxygen atoms in total. The van der Waals surface area contributed by atoms with E-state index >= 15 is 0 Å². The SMILES string of the molecule is CC(C)Oc1c(I)cc(Br)cc1-c1c(C(=O)O)c(N)[nH]c(=O)c1C(=O)O. The number of hydrogen-bond donors (Lipinski definition) is 4. The van der Waals surface area contributed by atoms with Crippen molar-refractivity contribution < 1.29 is 24.5 Å². The van der Waals surface area contributed by atoms with Gasteiger partial charge >= 0.3 is 11.9 Å². The highest BCUT2D eigenvalue weighted by Crippen LogP contribution is 2.41. The molecule has 0 unspecified atom stereocenters. The molecule has 0 amide bonds. The zero-order valence-electron chi connectivity index (χ0n) is 13.6. The minimum Gasteiger partial charge on any atom is -0.489 e. The van der Waals surface area contributed by atoms with Crippen LogP contribution < -0.4 is 16.0 Å². The van der Waals surface area contributed by atoms with Crippen molar-refractivity contribution in [1.82, 2.24) is 4.98 Å². The molecule has 0 radical (unpaired) electrons. The van der Waals surface area contributed by atoms with Gasteiger partial charge in [-0.1, -0.05) is 15.9 Å². The lowest BCUT2D eigenvalue weighted by atomic mass is 9.94. The number of carbonyl (C=O) groups is 2. The van der Waals surface area contributed by atoms with Gasteiger partial charge in [0.25, 0.3) is 5.56 Å². The first-order valence-electron chi connectivity index (χ1n) is 7.23. The van der Waals surface area contributed by atoms with Gasteiger partial charge < -0.3 is 25.7 Å². The average Bonchev–Trinajstić information content (AvgIpc) is 2.47. The molecule has 0 saturated carbocycles. The Bertz CT molecular complexity index is 970. The van der Waals surface area contributed by atoms with Crippen molar-refractivity contribution in [2.75, 3.05) is 5.73 Å². The molecule has 5 N–H and O–H groups in total. The van der Waals surface area contributed by atoms with Crippen LogP contribution in [0.5, 0.6) is 5.75 Å². The van der Waals surface area contributed by atoms with Crippen molar-refractivity contribution in [2.45, 2.75) is 20.0 Å². The van der Waals surface area contributed by atoms with Crippen LogP contribution in [0.1, 0.15) is 34.6 Å². The third-order valence-electron chi connectivity index (χ3n) is 3.30. The number of H-pyrrole nitrogens is 1. The van der Waals surface area contributed by atoms with Gasteiger partial charge in [-0.15, -0.1) is 0 Å². The molecule has 2 rings (SSSR count). The first-order valence-corrected chi connectivity index (χ1v) is 9.10. The number of halogens is 2. The maximum atomic E-state index is 12.2. The van der Waals surface area contributed by atoms with E-state index < -0.39 is 34.4 Å². The Morgan fingerprint density at radius 2 is 1.81 bits per heavy atom. The summed E-state index contributed by atoms with van der Waals surface area (Å²) in [4.78, 5) is 37.7. The van der Waals surface area contributed by atoms with Crippen molar-refractivity contribution in [3.63, 3.8) is 0 Å². The molecule has 1 heterocycles. The Morgan fingerprint density at radius 3 is 2.31 bits per heavy atom. The minimum atomic E-state index is -1.57. The summed E-state index contributed by atoms with van der Waals surface area (Å²) in [5, 5.41) is 19.1. The molecular formula is C16H14BrIN2O6. The number of nitrogen functional groups attached to an aromatic ring is 1. The summed E-state index contributed by atoms with van der Waals surface area (Å²) in [6.07, 6.45) is -0.274. The molecule has 0 fully saturated rings. The van der Waals surface area contributed by atoms with E-state index in [0.29, 0.717) is 8.04 Å². The Morgan fingerprint density at radius 1 is 1.23 bits per heavy atom. The summed E-state index contributed by atoms with van der Waals surface area (Å²) in [6, 6.07) is 3.21. The number of aromatic carboxylic acids is 2. The second-order valence-electron chi connectivity index (χ2n) is 5.53. The van der Waals surface area contributed by atoms with Gasteiger partial charge in [-0.3, -0.25) is 4.79 Å². The third kappa shape index (κ3) is 3.85. The molecule has 2 aromatic rings. The lowest BCUT2D eigenvalue weighted by Crippen LogP contribution is -2.24. The highest BCUT2D eigenvalue weighted by atomic mass is 127. The lowest BCUT2D eigenvalue weighted by Gasteiger charge is -2.19. The molecule has 0 saturated heterocycles. The third-order valence-corrected chi connectivity index (χ3v) is 4.56. The van der Waals surface area contributed by atoms with Crippen LogP contribution in [0.2, 0.25) is 0 Å². The fourth-order valence-corrected chi connectivity index (χ4v) is 4.06. The van der Waals surface area contributed by atoms with Crippen molar-refractivity contribution in [3.05, 3.63) is 41.7 Å². The van der Waals surface area contributed by atoms with Crippen LogP contribution in [-0.2, 0) is 0 Å². The summed E-state index contributed by atoms with van der Waals surface area (Å²) in [5.74, 6) is -3.22. The van der Waals surface area contributed by atoms with Gasteiger partial charge in [0.15, 0.2) is 0 Å². The van der Waals surface area contributed by atoms with Gasteiger partial charge in [-0.05, 0) is 48.6 Å². The van der Waals surface area contributed by atoms with Crippen LogP contribution in [0.4, 0.5) is 5.82 Å². The summed E-state index contributed by atoms with van der Waals surface area (Å²) >= 11 is 5.28. The number of aromatic amines is 1. The summed E-state index contributed by atoms with van der Waals surface area (Å²) in [6.45, 7) is 3.54. The number of ether oxygens (including phenoxy) is 1. The van der Waals surface area contributed by atoms with E-state index in [4.69, 9.17) is 10.5 Å². The molecule has 0 aliphatic carbocycles. The first kappa shape index (κ1) is 20.2. The normalized spacial score (nSPS) is 10.8. The fraction of sp³-hybridized carbons (Fsp3) is 0.188. The smallest absolute Gasteiger partial charge is 0.342 e. The summed E-state index contributed by atoms with van der Waals surface area (Å²) in [7, 11) is 0. The van der Waals surface area contributed by atoms with Crippen LogP contribution in [-0.4, -0.2) is 33.2 Å². The number of rotatable bonds is 5. The van der Waals surface area contributed by atoms with Gasteiger partial charge in [0, 0.05) is 15.6 Å². The molecular weight excluding hydrogens is 523 g/mol. The van der Waals surface area contributed by atoms with Crippen molar-refractivity contribution in [1.29, 1.82) is 0 Å². The second kappa shape index (κ2) is 7.66. The number of carboxylic acid groups (broad SMARTS) is 2. The average molecular weight is 537 g/mol. The van der Waals surface area contributed by atoms with Gasteiger partial charge in [0.2, 0.25) is 0 Å². The Labute approximate surface area is 169 Å². The number of nitrogens with two attached hydrogens (primary N) is 1. The molecule has 0 spiro atoms. The van der Waals surface area contributed by atoms with Gasteiger partial charge in [-0.2, -0.15) is 0 Å². The van der Waals surface area contributed by atoms with E-state index in [-0.39, 0.29) is 23.0 Å². The molecule has 0 aliphatic heterocycles. The van der Waals surface area contributed by atoms with E-state index in [9.17, 15) is 24.6 Å². The molecule has 0 aliphatic rings. The topological polar surface area (TPSA) is 143 Å². The van der Waals surface area contributed by atoms with E-state index in [1.165, 1.54) is 6.07 Å². The number of anilines is 1. The monoisotopic (exact) mass is 536 g/mol. The maximum absolute atomic E-state index is 12.2. The van der Waals surface area contributed by atoms with Crippen molar-refractivity contribution in [2.24, 2.45) is 0 Å². The van der Waals surface area contributed by atoms with Crippen LogP contribution in [0.15, 0.2) is 21.4 Å². The number of hydrogen-bond acceptors (Lipinski definition) is 5. The van der Waals surface area contributed by atoms with Gasteiger partial charge in [-0.25, -0.2) is 9.59 Å². The molecule has 26 heavy (non-hydrogen) atoms. The van der Waals surface area contributed by atoms with Gasteiger partial charge in [0.05, 0.1) is 9.67 Å². The largest absolute Gasteiger partial charge is 0.489 e. The van der Waals surface area contributed by atoms with Crippen LogP contribution >= 0.6 is 38.5 Å². The highest BCUT2D eigenvalue weighted by Gasteiger charge is 2.29. The molecule has 10 heteroatoms. The van der Waals surface area contributed by atoms with E-state index in [1.54, 1.807) is 19.9 Å². The first-order chi connectivity index (χ1) is 12.0. The number of aromatic nitrogens is 1. The molecule has 138 valence electrons. The summed E-state index contributed by atoms with van der Waals surface area (Å²) < 4.78 is 6.93. The standard InChI is InChI=1S/C16H14BrIN2O6/c1-5(2)26-12-7(3-6(17)4-8(12)18)9-10(15(22)23)13(19)20-14(21)11(9)16(24)25/h3-5H,1-2H3,(H,22,23)(H,24,25)(H3,19,20,21). The number of pyridine rings is 1. The Balaban J connectivity index is 3.07.